The number of guanidine groups is 2. The lowest BCUT2D eigenvalue weighted by atomic mass is 10.1. The molecule has 116 valence electrons. The minimum Gasteiger partial charge on any atom is -0.369 e. The fraction of sp³-hybridized carbons (Fsp3) is 0.467. The summed E-state index contributed by atoms with van der Waals surface area (Å²) in [4.78, 5) is 10.4. The van der Waals surface area contributed by atoms with Gasteiger partial charge in [0.15, 0.2) is 0 Å². The molecule has 0 unspecified atom stereocenters. The maximum Gasteiger partial charge on any atom is 0.220 e. The first kappa shape index (κ1) is 17.3. The zero-order chi connectivity index (χ0) is 14.8. The number of aliphatic imine (C=N–C) groups is 2. The van der Waals surface area contributed by atoms with Crippen molar-refractivity contribution in [1.29, 1.82) is 0 Å². The van der Waals surface area contributed by atoms with E-state index >= 15 is 0 Å². The van der Waals surface area contributed by atoms with Crippen LogP contribution in [0.4, 0.5) is 5.69 Å². The van der Waals surface area contributed by atoms with Crippen molar-refractivity contribution in [1.82, 2.24) is 0 Å². The highest BCUT2D eigenvalue weighted by Crippen LogP contribution is 2.28. The van der Waals surface area contributed by atoms with Crippen LogP contribution in [-0.4, -0.2) is 17.6 Å². The summed E-state index contributed by atoms with van der Waals surface area (Å²) in [7, 11) is 0. The Morgan fingerprint density at radius 3 is 2.57 bits per heavy atom. The quantitative estimate of drug-likeness (QED) is 0.897. The molecule has 0 bridgehead atoms. The summed E-state index contributed by atoms with van der Waals surface area (Å²) < 4.78 is 0. The number of aryl methyl sites for hydroxylation is 1. The lowest BCUT2D eigenvalue weighted by Crippen LogP contribution is -2.54. The predicted molar refractivity (Wildman–Crippen MR) is 92.1 cm³/mol. The monoisotopic (exact) mass is 309 g/mol. The molecule has 5 nitrogen and oxygen atoms in total. The number of unbranched alkanes of at least 4 members (excludes halogenated alkanes) is 1. The van der Waals surface area contributed by atoms with Gasteiger partial charge in [0, 0.05) is 5.69 Å². The van der Waals surface area contributed by atoms with Crippen LogP contribution in [0.2, 0.25) is 0 Å². The molecule has 0 radical (unpaired) electrons. The van der Waals surface area contributed by atoms with Gasteiger partial charge in [-0.3, -0.25) is 4.90 Å². The SMILES string of the molecule is CCCCc1cccc(N2C(N)=NC(N)=NC2(C)C)c1.Cl. The third kappa shape index (κ3) is 3.88. The summed E-state index contributed by atoms with van der Waals surface area (Å²) in [6, 6.07) is 8.36. The molecule has 0 amide bonds. The first-order valence-electron chi connectivity index (χ1n) is 7.02. The Bertz CT molecular complexity index is 551. The molecule has 0 spiro atoms. The highest BCUT2D eigenvalue weighted by Gasteiger charge is 2.32. The van der Waals surface area contributed by atoms with Crippen molar-refractivity contribution < 1.29 is 0 Å². The first-order valence-corrected chi connectivity index (χ1v) is 7.02. The lowest BCUT2D eigenvalue weighted by Gasteiger charge is -2.38. The summed E-state index contributed by atoms with van der Waals surface area (Å²) in [5.41, 5.74) is 13.5. The minimum atomic E-state index is -0.528. The van der Waals surface area contributed by atoms with Gasteiger partial charge in [-0.25, -0.2) is 4.99 Å². The Morgan fingerprint density at radius 1 is 1.24 bits per heavy atom. The number of hydrogen-bond acceptors (Lipinski definition) is 5. The maximum absolute atomic E-state index is 6.04. The number of halogens is 1. The van der Waals surface area contributed by atoms with Gasteiger partial charge in [-0.2, -0.15) is 4.99 Å². The van der Waals surface area contributed by atoms with Gasteiger partial charge < -0.3 is 11.5 Å². The molecule has 1 aliphatic heterocycles. The second kappa shape index (κ2) is 6.80. The van der Waals surface area contributed by atoms with Gasteiger partial charge in [0.25, 0.3) is 0 Å². The number of hydrogen-bond donors (Lipinski definition) is 2. The van der Waals surface area contributed by atoms with E-state index in [1.54, 1.807) is 0 Å². The Hall–Kier alpha value is -1.75. The van der Waals surface area contributed by atoms with Crippen LogP contribution in [0.1, 0.15) is 39.2 Å². The number of benzene rings is 1. The van der Waals surface area contributed by atoms with E-state index in [4.69, 9.17) is 11.5 Å². The highest BCUT2D eigenvalue weighted by molar-refractivity contribution is 6.05. The van der Waals surface area contributed by atoms with Crippen LogP contribution >= 0.6 is 12.4 Å². The van der Waals surface area contributed by atoms with Crippen LogP contribution in [0.5, 0.6) is 0 Å². The molecule has 0 aromatic heterocycles. The molecule has 1 aromatic rings. The van der Waals surface area contributed by atoms with Gasteiger partial charge in [0.1, 0.15) is 5.66 Å². The molecule has 0 aliphatic carbocycles. The van der Waals surface area contributed by atoms with Crippen LogP contribution in [0.15, 0.2) is 34.3 Å². The molecule has 1 aliphatic rings. The number of nitrogens with two attached hydrogens (primary N) is 2. The molecule has 2 rings (SSSR count). The molecule has 4 N–H and O–H groups in total. The molecular weight excluding hydrogens is 286 g/mol. The zero-order valence-corrected chi connectivity index (χ0v) is 13.7. The normalized spacial score (nSPS) is 16.8. The topological polar surface area (TPSA) is 80.0 Å². The van der Waals surface area contributed by atoms with Crippen LogP contribution in [0.25, 0.3) is 0 Å². The molecule has 0 saturated carbocycles. The van der Waals surface area contributed by atoms with E-state index in [1.165, 1.54) is 18.4 Å². The van der Waals surface area contributed by atoms with Gasteiger partial charge in [-0.05, 0) is 44.4 Å². The summed E-state index contributed by atoms with van der Waals surface area (Å²) in [5.74, 6) is 0.612. The summed E-state index contributed by atoms with van der Waals surface area (Å²) in [6.45, 7) is 6.14. The maximum atomic E-state index is 6.04. The molecule has 21 heavy (non-hydrogen) atoms. The van der Waals surface area contributed by atoms with Crippen LogP contribution < -0.4 is 16.4 Å². The molecule has 0 fully saturated rings. The van der Waals surface area contributed by atoms with Crippen LogP contribution in [-0.2, 0) is 6.42 Å². The predicted octanol–water partition coefficient (Wildman–Crippen LogP) is 2.64. The van der Waals surface area contributed by atoms with Gasteiger partial charge in [0.2, 0.25) is 11.9 Å². The van der Waals surface area contributed by atoms with E-state index < -0.39 is 5.66 Å². The Kier molecular flexibility index (Phi) is 5.61. The van der Waals surface area contributed by atoms with Crippen molar-refractivity contribution in [2.75, 3.05) is 4.90 Å². The highest BCUT2D eigenvalue weighted by atomic mass is 35.5. The van der Waals surface area contributed by atoms with Crippen LogP contribution in [0, 0.1) is 0 Å². The third-order valence-corrected chi connectivity index (χ3v) is 3.38. The minimum absolute atomic E-state index is 0. The standard InChI is InChI=1S/C15H23N5.ClH/c1-4-5-7-11-8-6-9-12(10-11)20-14(17)18-13(16)19-15(20,2)3;/h6,8-10H,4-5,7H2,1-3H3,(H4,16,17,18,19);1H. The van der Waals surface area contributed by atoms with Crippen molar-refractivity contribution in [3.05, 3.63) is 29.8 Å². The lowest BCUT2D eigenvalue weighted by molar-refractivity contribution is 0.533. The summed E-state index contributed by atoms with van der Waals surface area (Å²) in [5, 5.41) is 0. The largest absolute Gasteiger partial charge is 0.369 e. The van der Waals surface area contributed by atoms with E-state index in [0.717, 1.165) is 12.1 Å². The van der Waals surface area contributed by atoms with Crippen molar-refractivity contribution in [3.63, 3.8) is 0 Å². The Morgan fingerprint density at radius 2 is 1.95 bits per heavy atom. The molecular formula is C15H24ClN5. The third-order valence-electron chi connectivity index (χ3n) is 3.38. The molecule has 1 heterocycles. The molecule has 1 aromatic carbocycles. The Balaban J connectivity index is 0.00000220. The second-order valence-electron chi connectivity index (χ2n) is 5.54. The van der Waals surface area contributed by atoms with Gasteiger partial charge >= 0.3 is 0 Å². The number of rotatable bonds is 4. The summed E-state index contributed by atoms with van der Waals surface area (Å²) in [6.07, 6.45) is 3.44. The molecule has 6 heteroatoms. The van der Waals surface area contributed by atoms with Crippen molar-refractivity contribution in [3.8, 4) is 0 Å². The summed E-state index contributed by atoms with van der Waals surface area (Å²) >= 11 is 0. The van der Waals surface area contributed by atoms with E-state index in [9.17, 15) is 0 Å². The van der Waals surface area contributed by atoms with Crippen molar-refractivity contribution in [2.24, 2.45) is 21.5 Å². The van der Waals surface area contributed by atoms with Crippen molar-refractivity contribution >= 4 is 30.0 Å². The van der Waals surface area contributed by atoms with Gasteiger partial charge in [0.05, 0.1) is 0 Å². The average Bonchev–Trinajstić information content (AvgIpc) is 2.34. The van der Waals surface area contributed by atoms with Gasteiger partial charge in [-0.1, -0.05) is 25.5 Å². The van der Waals surface area contributed by atoms with Crippen LogP contribution in [0.3, 0.4) is 0 Å². The average molecular weight is 310 g/mol. The Labute approximate surface area is 132 Å². The van der Waals surface area contributed by atoms with E-state index in [1.807, 2.05) is 30.9 Å². The van der Waals surface area contributed by atoms with Crippen molar-refractivity contribution in [2.45, 2.75) is 45.7 Å². The van der Waals surface area contributed by atoms with E-state index in [0.29, 0.717) is 5.96 Å². The van der Waals surface area contributed by atoms with E-state index in [2.05, 4.69) is 29.0 Å². The molecule has 0 atom stereocenters. The fourth-order valence-electron chi connectivity index (χ4n) is 2.48. The van der Waals surface area contributed by atoms with E-state index in [-0.39, 0.29) is 18.4 Å². The smallest absolute Gasteiger partial charge is 0.220 e. The van der Waals surface area contributed by atoms with Gasteiger partial charge in [-0.15, -0.1) is 12.4 Å². The first-order chi connectivity index (χ1) is 9.44. The fourth-order valence-corrected chi connectivity index (χ4v) is 2.48. The second-order valence-corrected chi connectivity index (χ2v) is 5.54. The number of anilines is 1. The molecule has 0 saturated heterocycles. The number of nitrogens with zero attached hydrogens (tertiary/aromatic N) is 3. The zero-order valence-electron chi connectivity index (χ0n) is 12.8.